The molecule has 4 nitrogen and oxygen atoms in total. The zero-order chi connectivity index (χ0) is 37.7. The fourth-order valence-corrected chi connectivity index (χ4v) is 9.09. The molecule has 0 radical (unpaired) electrons. The molecule has 8 aromatic carbocycles. The minimum Gasteiger partial charge on any atom is -0.246 e. The van der Waals surface area contributed by atoms with Gasteiger partial charge in [0.15, 0.2) is 17.5 Å². The lowest BCUT2D eigenvalue weighted by Gasteiger charge is -2.15. The van der Waals surface area contributed by atoms with Gasteiger partial charge >= 0.3 is 0 Å². The molecule has 0 spiro atoms. The van der Waals surface area contributed by atoms with Crippen molar-refractivity contribution in [3.05, 3.63) is 194 Å². The van der Waals surface area contributed by atoms with Gasteiger partial charge in [-0.25, -0.2) is 19.9 Å². The van der Waals surface area contributed by atoms with Crippen LogP contribution in [-0.4, -0.2) is 19.9 Å². The van der Waals surface area contributed by atoms with Crippen LogP contribution >= 0.6 is 11.3 Å². The maximum Gasteiger partial charge on any atom is 0.164 e. The second-order valence-electron chi connectivity index (χ2n) is 14.2. The van der Waals surface area contributed by atoms with Gasteiger partial charge in [-0.15, -0.1) is 11.3 Å². The van der Waals surface area contributed by atoms with Crippen molar-refractivity contribution in [2.75, 3.05) is 0 Å². The molecule has 0 aliphatic heterocycles. The van der Waals surface area contributed by atoms with Gasteiger partial charge in [0, 0.05) is 64.1 Å². The molecule has 0 aliphatic carbocycles. The van der Waals surface area contributed by atoms with E-state index in [2.05, 4.69) is 158 Å². The predicted molar refractivity (Wildman–Crippen MR) is 238 cm³/mol. The monoisotopic (exact) mass is 744 g/mol. The number of hydrogen-bond acceptors (Lipinski definition) is 5. The number of para-hydroxylation sites is 1. The Kier molecular flexibility index (Phi) is 7.97. The van der Waals surface area contributed by atoms with Crippen LogP contribution in [0.4, 0.5) is 0 Å². The van der Waals surface area contributed by atoms with Crippen LogP contribution in [0.25, 0.3) is 110 Å². The van der Waals surface area contributed by atoms with Crippen LogP contribution in [0.2, 0.25) is 0 Å². The lowest BCUT2D eigenvalue weighted by Crippen LogP contribution is -2.00. The van der Waals surface area contributed by atoms with E-state index in [1.807, 2.05) is 47.7 Å². The summed E-state index contributed by atoms with van der Waals surface area (Å²) >= 11 is 1.85. The largest absolute Gasteiger partial charge is 0.246 e. The Balaban J connectivity index is 1.06. The molecule has 0 aliphatic rings. The van der Waals surface area contributed by atoms with Crippen molar-refractivity contribution in [3.63, 3.8) is 0 Å². The topological polar surface area (TPSA) is 51.6 Å². The van der Waals surface area contributed by atoms with Gasteiger partial charge in [0.1, 0.15) is 0 Å². The fourth-order valence-electron chi connectivity index (χ4n) is 7.97. The van der Waals surface area contributed by atoms with E-state index in [-0.39, 0.29) is 0 Å². The number of nitrogens with zero attached hydrogens (tertiary/aromatic N) is 4. The third-order valence-corrected chi connectivity index (χ3v) is 11.9. The first-order valence-corrected chi connectivity index (χ1v) is 19.9. The highest BCUT2D eigenvalue weighted by Gasteiger charge is 2.19. The molecule has 3 heterocycles. The second kappa shape index (κ2) is 13.7. The van der Waals surface area contributed by atoms with Crippen molar-refractivity contribution >= 4 is 53.2 Å². The number of benzene rings is 8. The predicted octanol–water partition coefficient (Wildman–Crippen LogP) is 13.9. The summed E-state index contributed by atoms with van der Waals surface area (Å²) in [5, 5.41) is 6.12. The van der Waals surface area contributed by atoms with Gasteiger partial charge in [0.2, 0.25) is 0 Å². The van der Waals surface area contributed by atoms with Gasteiger partial charge in [0.25, 0.3) is 0 Å². The lowest BCUT2D eigenvalue weighted by molar-refractivity contribution is 1.07. The van der Waals surface area contributed by atoms with Crippen molar-refractivity contribution in [2.45, 2.75) is 0 Å². The van der Waals surface area contributed by atoms with E-state index in [1.54, 1.807) is 0 Å². The molecule has 11 rings (SSSR count). The van der Waals surface area contributed by atoms with Crippen LogP contribution in [0, 0.1) is 0 Å². The first kappa shape index (κ1) is 33.0. The van der Waals surface area contributed by atoms with Crippen LogP contribution in [0.15, 0.2) is 194 Å². The normalized spacial score (nSPS) is 11.5. The van der Waals surface area contributed by atoms with E-state index in [9.17, 15) is 0 Å². The highest BCUT2D eigenvalue weighted by molar-refractivity contribution is 7.26. The minimum absolute atomic E-state index is 0.623. The zero-order valence-corrected chi connectivity index (χ0v) is 31.5. The van der Waals surface area contributed by atoms with Gasteiger partial charge in [-0.1, -0.05) is 182 Å². The number of pyridine rings is 1. The molecule has 3 aromatic heterocycles. The van der Waals surface area contributed by atoms with Crippen LogP contribution in [0.1, 0.15) is 0 Å². The summed E-state index contributed by atoms with van der Waals surface area (Å²) in [6, 6.07) is 67.9. The standard InChI is InChI=1S/C52H32N4S/c1-4-13-33(14-5-1)34-23-27-38(28-24-34)51-54-50(37-17-8-3-9-18-37)55-52(56-51)39-29-25-35(26-30-39)40-20-12-21-42-46-43(48(53-49(40)42)36-15-6-2-7-16-36)31-32-45-47(46)41-19-10-11-22-44(41)57-45/h1-32H. The average Bonchev–Trinajstić information content (AvgIpc) is 3.68. The summed E-state index contributed by atoms with van der Waals surface area (Å²) < 4.78 is 2.57. The Bertz CT molecular complexity index is 3250. The third kappa shape index (κ3) is 5.84. The van der Waals surface area contributed by atoms with Crippen molar-refractivity contribution in [3.8, 4) is 67.7 Å². The molecule has 0 saturated heterocycles. The first-order chi connectivity index (χ1) is 28.2. The minimum atomic E-state index is 0.623. The number of hydrogen-bond donors (Lipinski definition) is 0. The summed E-state index contributed by atoms with van der Waals surface area (Å²) in [5.74, 6) is 1.89. The summed E-state index contributed by atoms with van der Waals surface area (Å²) in [5.41, 5.74) is 10.3. The number of fused-ring (bicyclic) bond motifs is 7. The molecule has 0 fully saturated rings. The second-order valence-corrected chi connectivity index (χ2v) is 15.3. The number of aromatic nitrogens is 4. The Morgan fingerprint density at radius 3 is 1.42 bits per heavy atom. The maximum absolute atomic E-state index is 5.49. The van der Waals surface area contributed by atoms with E-state index < -0.39 is 0 Å². The van der Waals surface area contributed by atoms with Crippen LogP contribution in [-0.2, 0) is 0 Å². The quantitative estimate of drug-likeness (QED) is 0.159. The molecule has 0 bridgehead atoms. The van der Waals surface area contributed by atoms with E-state index in [0.29, 0.717) is 17.5 Å². The highest BCUT2D eigenvalue weighted by atomic mass is 32.1. The van der Waals surface area contributed by atoms with Crippen molar-refractivity contribution in [2.24, 2.45) is 0 Å². The Hall–Kier alpha value is -7.34. The molecule has 0 amide bonds. The van der Waals surface area contributed by atoms with Crippen LogP contribution < -0.4 is 0 Å². The third-order valence-electron chi connectivity index (χ3n) is 10.7. The molecule has 11 aromatic rings. The first-order valence-electron chi connectivity index (χ1n) is 19.1. The van der Waals surface area contributed by atoms with Gasteiger partial charge in [-0.3, -0.25) is 0 Å². The van der Waals surface area contributed by atoms with E-state index in [0.717, 1.165) is 60.9 Å². The zero-order valence-electron chi connectivity index (χ0n) is 30.7. The number of thiophene rings is 1. The molecular formula is C52H32N4S. The van der Waals surface area contributed by atoms with Crippen molar-refractivity contribution in [1.29, 1.82) is 0 Å². The molecule has 266 valence electrons. The Morgan fingerprint density at radius 1 is 0.281 bits per heavy atom. The van der Waals surface area contributed by atoms with Gasteiger partial charge in [-0.05, 0) is 28.8 Å². The molecule has 0 unspecified atom stereocenters. The lowest BCUT2D eigenvalue weighted by atomic mass is 9.93. The summed E-state index contributed by atoms with van der Waals surface area (Å²) in [7, 11) is 0. The van der Waals surface area contributed by atoms with Gasteiger partial charge in [0.05, 0.1) is 11.2 Å². The molecule has 57 heavy (non-hydrogen) atoms. The molecule has 5 heteroatoms. The van der Waals surface area contributed by atoms with E-state index in [4.69, 9.17) is 19.9 Å². The fraction of sp³-hybridized carbons (Fsp3) is 0. The smallest absolute Gasteiger partial charge is 0.164 e. The van der Waals surface area contributed by atoms with Crippen LogP contribution in [0.5, 0.6) is 0 Å². The van der Waals surface area contributed by atoms with Gasteiger partial charge < -0.3 is 0 Å². The van der Waals surface area contributed by atoms with E-state index in [1.165, 1.54) is 31.1 Å². The number of rotatable bonds is 6. The van der Waals surface area contributed by atoms with Crippen molar-refractivity contribution in [1.82, 2.24) is 19.9 Å². The highest BCUT2D eigenvalue weighted by Crippen LogP contribution is 2.45. The molecular weight excluding hydrogens is 713 g/mol. The van der Waals surface area contributed by atoms with Crippen LogP contribution in [0.3, 0.4) is 0 Å². The van der Waals surface area contributed by atoms with E-state index >= 15 is 0 Å². The summed E-state index contributed by atoms with van der Waals surface area (Å²) in [6.45, 7) is 0. The molecule has 0 saturated carbocycles. The van der Waals surface area contributed by atoms with Crippen molar-refractivity contribution < 1.29 is 0 Å². The Morgan fingerprint density at radius 2 is 0.772 bits per heavy atom. The SMILES string of the molecule is c1ccc(-c2ccc(-c3nc(-c4ccccc4)nc(-c4ccc(-c5cccc6c5nc(-c5ccccc5)c5ccc7sc8ccccc8c7c56)cc4)n3)cc2)cc1. The summed E-state index contributed by atoms with van der Waals surface area (Å²) in [6.07, 6.45) is 0. The molecule has 0 N–H and O–H groups in total. The summed E-state index contributed by atoms with van der Waals surface area (Å²) in [4.78, 5) is 20.5. The average molecular weight is 745 g/mol. The molecule has 0 atom stereocenters. The van der Waals surface area contributed by atoms with Gasteiger partial charge in [-0.2, -0.15) is 0 Å². The Labute approximate surface area is 333 Å². The maximum atomic E-state index is 5.49.